The van der Waals surface area contributed by atoms with E-state index in [-0.39, 0.29) is 5.75 Å². The van der Waals surface area contributed by atoms with Crippen LogP contribution >= 0.6 is 11.8 Å². The van der Waals surface area contributed by atoms with Crippen LogP contribution in [0.4, 0.5) is 5.69 Å². The third-order valence-corrected chi connectivity index (χ3v) is 4.83. The van der Waals surface area contributed by atoms with Crippen molar-refractivity contribution in [1.82, 2.24) is 5.01 Å². The molecule has 0 saturated heterocycles. The second-order valence-corrected chi connectivity index (χ2v) is 8.39. The van der Waals surface area contributed by atoms with Crippen LogP contribution in [0.3, 0.4) is 0 Å². The molecule has 122 valence electrons. The first kappa shape index (κ1) is 19.2. The first-order valence-electron chi connectivity index (χ1n) is 6.87. The van der Waals surface area contributed by atoms with Gasteiger partial charge in [0.25, 0.3) is 0 Å². The number of nitrogens with zero attached hydrogens (tertiary/aromatic N) is 3. The molecule has 24 heavy (non-hydrogen) atoms. The Morgan fingerprint density at radius 3 is 2.42 bits per heavy atom. The van der Waals surface area contributed by atoms with Crippen molar-refractivity contribution in [2.45, 2.75) is 9.79 Å². The van der Waals surface area contributed by atoms with Crippen LogP contribution in [0, 0.1) is 0 Å². The van der Waals surface area contributed by atoms with Crippen molar-refractivity contribution in [2.24, 2.45) is 10.3 Å². The van der Waals surface area contributed by atoms with Crippen LogP contribution in [0.2, 0.25) is 0 Å². The summed E-state index contributed by atoms with van der Waals surface area (Å²) in [5.41, 5.74) is 0.404. The van der Waals surface area contributed by atoms with Gasteiger partial charge in [-0.25, -0.2) is 0 Å². The van der Waals surface area contributed by atoms with Gasteiger partial charge in [-0.05, 0) is 0 Å². The second kappa shape index (κ2) is 8.32. The Hall–Kier alpha value is -1.10. The molecule has 0 aliphatic carbocycles. The predicted molar refractivity (Wildman–Crippen MR) is 92.8 cm³/mol. The van der Waals surface area contributed by atoms with Gasteiger partial charge in [-0.2, -0.15) is 0 Å². The summed E-state index contributed by atoms with van der Waals surface area (Å²) >= 11 is 2.29. The van der Waals surface area contributed by atoms with E-state index in [1.165, 1.54) is 25.7 Å². The van der Waals surface area contributed by atoms with Gasteiger partial charge in [-0.1, -0.05) is 0 Å². The van der Waals surface area contributed by atoms with E-state index in [1.807, 2.05) is 24.3 Å². The van der Waals surface area contributed by atoms with Gasteiger partial charge in [0.1, 0.15) is 0 Å². The van der Waals surface area contributed by atoms with E-state index < -0.39 is 10.4 Å². The van der Waals surface area contributed by atoms with Gasteiger partial charge in [-0.3, -0.25) is 0 Å². The molecule has 0 aliphatic heterocycles. The van der Waals surface area contributed by atoms with E-state index in [0.717, 1.165) is 32.8 Å². The summed E-state index contributed by atoms with van der Waals surface area (Å²) in [6.45, 7) is 0. The van der Waals surface area contributed by atoms with Gasteiger partial charge >= 0.3 is 149 Å². The zero-order valence-electron chi connectivity index (χ0n) is 13.4. The van der Waals surface area contributed by atoms with Gasteiger partial charge in [0, 0.05) is 14.1 Å². The second-order valence-electron chi connectivity index (χ2n) is 5.09. The van der Waals surface area contributed by atoms with E-state index in [1.54, 1.807) is 26.2 Å². The molecule has 2 aromatic rings. The Bertz CT molecular complexity index is 840. The van der Waals surface area contributed by atoms with Crippen LogP contribution in [0.15, 0.2) is 62.6 Å². The quantitative estimate of drug-likeness (QED) is 0.361. The maximum atomic E-state index is 11.1. The molecule has 0 saturated carbocycles. The third-order valence-electron chi connectivity index (χ3n) is 2.71. The van der Waals surface area contributed by atoms with Crippen molar-refractivity contribution in [2.75, 3.05) is 14.1 Å². The van der Waals surface area contributed by atoms with Gasteiger partial charge in [-0.15, -0.1) is 0 Å². The van der Waals surface area contributed by atoms with Crippen molar-refractivity contribution in [3.05, 3.63) is 42.5 Å². The third kappa shape index (κ3) is 6.42. The average molecular weight is 375 g/mol. The molecule has 0 radical (unpaired) electrons. The standard InChI is InChI=1S/C14H14N3O4S2.Na/c1-17(2)16-15-11-8-9-14(13(10-11)21-23(18,19)20)22-12-6-4-3-5-7-12;/h4-10H,1-2H3,(H,18,19,20);. The van der Waals surface area contributed by atoms with Crippen molar-refractivity contribution < 1.29 is 17.2 Å². The molecular formula is C14H14N3NaO4S2. The summed E-state index contributed by atoms with van der Waals surface area (Å²) in [5.74, 6) is -0.00680. The molecule has 0 amide bonds. The molecule has 7 nitrogen and oxygen atoms in total. The van der Waals surface area contributed by atoms with Crippen LogP contribution in [-0.2, 0) is 10.4 Å². The molecule has 0 heterocycles. The Morgan fingerprint density at radius 2 is 1.83 bits per heavy atom. The van der Waals surface area contributed by atoms with E-state index in [2.05, 4.69) is 14.5 Å². The fourth-order valence-corrected chi connectivity index (χ4v) is 3.31. The number of hydrogen-bond donors (Lipinski definition) is 1. The van der Waals surface area contributed by atoms with Crippen LogP contribution in [0.1, 0.15) is 0 Å². The molecule has 0 bridgehead atoms. The summed E-state index contributed by atoms with van der Waals surface area (Å²) < 4.78 is 37.1. The molecule has 0 unspecified atom stereocenters. The summed E-state index contributed by atoms with van der Waals surface area (Å²) in [6, 6.07) is 12.7. The Morgan fingerprint density at radius 1 is 1.17 bits per heavy atom. The summed E-state index contributed by atoms with van der Waals surface area (Å²) in [6.07, 6.45) is 0. The fraction of sp³-hybridized carbons (Fsp3) is 0.143. The van der Waals surface area contributed by atoms with Gasteiger partial charge in [0.15, 0.2) is 0 Å². The van der Waals surface area contributed by atoms with Crippen molar-refractivity contribution >= 4 is 58.6 Å². The van der Waals surface area contributed by atoms with Crippen molar-refractivity contribution in [1.29, 1.82) is 0 Å². The van der Waals surface area contributed by atoms with Crippen molar-refractivity contribution in [3.8, 4) is 5.75 Å². The first-order chi connectivity index (χ1) is 11.2. The normalized spacial score (nSPS) is 11.7. The van der Waals surface area contributed by atoms with Gasteiger partial charge in [0.2, 0.25) is 0 Å². The van der Waals surface area contributed by atoms with Crippen LogP contribution in [0.5, 0.6) is 5.75 Å². The minimum atomic E-state index is -4.64. The fourth-order valence-electron chi connectivity index (χ4n) is 1.70. The molecule has 0 aromatic heterocycles. The number of rotatable bonds is 6. The van der Waals surface area contributed by atoms with E-state index in [0.29, 0.717) is 10.6 Å². The summed E-state index contributed by atoms with van der Waals surface area (Å²) in [4.78, 5) is 1.47. The van der Waals surface area contributed by atoms with Gasteiger partial charge < -0.3 is 0 Å². The maximum absolute atomic E-state index is 11.1. The minimum absolute atomic E-state index is 0.00680. The number of benzene rings is 2. The monoisotopic (exact) mass is 375 g/mol. The van der Waals surface area contributed by atoms with Crippen LogP contribution < -0.4 is 7.00 Å². The first-order valence-corrected chi connectivity index (χ1v) is 10.1. The zero-order valence-corrected chi connectivity index (χ0v) is 17.0. The average Bonchev–Trinajstić information content (AvgIpc) is 2.48. The topological polar surface area (TPSA) is 91.6 Å². The Kier molecular flexibility index (Phi) is 6.67. The van der Waals surface area contributed by atoms with Crippen molar-refractivity contribution in [3.63, 3.8) is 0 Å². The molecule has 0 spiro atoms. The molecule has 1 N–H and O–H groups in total. The Labute approximate surface area is 162 Å². The van der Waals surface area contributed by atoms with E-state index in [4.69, 9.17) is 4.55 Å². The molecule has 2 rings (SSSR count). The molecular weight excluding hydrogens is 361 g/mol. The SMILES string of the molecule is CN(C)N=Nc1ccc(Sc2cc[c]([Na])cc2)c(OS(=O)(=O)O)c1. The zero-order chi connectivity index (χ0) is 17.7. The van der Waals surface area contributed by atoms with Crippen LogP contribution in [-0.4, -0.2) is 60.0 Å². The molecule has 0 fully saturated rings. The summed E-state index contributed by atoms with van der Waals surface area (Å²) in [5, 5.41) is 9.29. The van der Waals surface area contributed by atoms with E-state index in [9.17, 15) is 8.42 Å². The van der Waals surface area contributed by atoms with Gasteiger partial charge in [0.05, 0.1) is 0 Å². The molecule has 10 heteroatoms. The van der Waals surface area contributed by atoms with Crippen LogP contribution in [0.25, 0.3) is 0 Å². The molecule has 2 aromatic carbocycles. The molecule has 0 aliphatic rings. The van der Waals surface area contributed by atoms with E-state index >= 15 is 0 Å². The Balaban J connectivity index is 2.36. The summed E-state index contributed by atoms with van der Waals surface area (Å²) in [7, 11) is -1.21. The molecule has 0 atom stereocenters. The number of hydrogen-bond acceptors (Lipinski definition) is 6. The predicted octanol–water partition coefficient (Wildman–Crippen LogP) is 2.37.